The third-order valence-electron chi connectivity index (χ3n) is 6.38. The summed E-state index contributed by atoms with van der Waals surface area (Å²) < 4.78 is 0. The molecule has 0 amide bonds. The quantitative estimate of drug-likeness (QED) is 0.593. The minimum absolute atomic E-state index is 0.609. The highest BCUT2D eigenvalue weighted by molar-refractivity contribution is 5.78. The highest BCUT2D eigenvalue weighted by Gasteiger charge is 2.41. The topological polar surface area (TPSA) is 0 Å². The van der Waals surface area contributed by atoms with Crippen molar-refractivity contribution >= 4 is 0 Å². The Labute approximate surface area is 140 Å². The number of rotatable bonds is 2. The van der Waals surface area contributed by atoms with E-state index in [2.05, 4.69) is 69.3 Å². The Bertz CT molecular complexity index is 651. The van der Waals surface area contributed by atoms with Crippen molar-refractivity contribution in [3.63, 3.8) is 0 Å². The van der Waals surface area contributed by atoms with Crippen molar-refractivity contribution in [3.8, 4) is 11.1 Å². The number of fused-ring (bicyclic) bond motifs is 3. The van der Waals surface area contributed by atoms with Crippen LogP contribution in [-0.4, -0.2) is 0 Å². The van der Waals surface area contributed by atoms with E-state index < -0.39 is 0 Å². The molecule has 23 heavy (non-hydrogen) atoms. The molecule has 0 aliphatic heterocycles. The molecule has 0 bridgehead atoms. The summed E-state index contributed by atoms with van der Waals surface area (Å²) in [5, 5.41) is 0. The fraction of sp³-hybridized carbons (Fsp3) is 0.478. The zero-order chi connectivity index (χ0) is 16.0. The van der Waals surface area contributed by atoms with Gasteiger partial charge in [0.05, 0.1) is 0 Å². The molecule has 0 heteroatoms. The summed E-state index contributed by atoms with van der Waals surface area (Å²) in [5.74, 6) is 3.92. The normalized spacial score (nSPS) is 27.0. The standard InChI is InChI=1S/C23H28/c1-15(2)17-13-12-16(3)14-22(17)23-20-10-6-4-8-18(20)19-9-5-7-11-21(19)23/h4-11,15-17,22-23H,12-14H2,1-3H3. The molecule has 2 aliphatic carbocycles. The predicted molar refractivity (Wildman–Crippen MR) is 98.6 cm³/mol. The van der Waals surface area contributed by atoms with Crippen molar-refractivity contribution in [3.05, 3.63) is 59.7 Å². The van der Waals surface area contributed by atoms with Crippen molar-refractivity contribution in [2.75, 3.05) is 0 Å². The summed E-state index contributed by atoms with van der Waals surface area (Å²) in [6, 6.07) is 18.3. The predicted octanol–water partition coefficient (Wildman–Crippen LogP) is 6.51. The van der Waals surface area contributed by atoms with E-state index in [1.165, 1.54) is 30.4 Å². The maximum Gasteiger partial charge on any atom is 0.0133 e. The van der Waals surface area contributed by atoms with Gasteiger partial charge in [-0.05, 0) is 58.8 Å². The molecular weight excluding hydrogens is 276 g/mol. The zero-order valence-corrected chi connectivity index (χ0v) is 14.6. The fourth-order valence-corrected chi connectivity index (χ4v) is 5.32. The van der Waals surface area contributed by atoms with Gasteiger partial charge in [-0.1, -0.05) is 75.7 Å². The van der Waals surface area contributed by atoms with Gasteiger partial charge in [0.25, 0.3) is 0 Å². The second-order valence-electron chi connectivity index (χ2n) is 8.14. The average Bonchev–Trinajstić information content (AvgIpc) is 2.89. The van der Waals surface area contributed by atoms with Gasteiger partial charge in [-0.2, -0.15) is 0 Å². The maximum absolute atomic E-state index is 2.45. The molecule has 0 saturated heterocycles. The summed E-state index contributed by atoms with van der Waals surface area (Å²) >= 11 is 0. The lowest BCUT2D eigenvalue weighted by atomic mass is 9.63. The summed E-state index contributed by atoms with van der Waals surface area (Å²) in [6.07, 6.45) is 4.20. The highest BCUT2D eigenvalue weighted by Crippen LogP contribution is 2.54. The van der Waals surface area contributed by atoms with E-state index in [1.807, 2.05) is 0 Å². The van der Waals surface area contributed by atoms with E-state index >= 15 is 0 Å². The van der Waals surface area contributed by atoms with Crippen LogP contribution in [0, 0.1) is 23.7 Å². The molecule has 3 unspecified atom stereocenters. The molecule has 1 fully saturated rings. The number of benzene rings is 2. The van der Waals surface area contributed by atoms with Crippen LogP contribution in [0.1, 0.15) is 57.1 Å². The molecule has 0 N–H and O–H groups in total. The fourth-order valence-electron chi connectivity index (χ4n) is 5.32. The van der Waals surface area contributed by atoms with Crippen molar-refractivity contribution in [1.82, 2.24) is 0 Å². The van der Waals surface area contributed by atoms with E-state index in [0.29, 0.717) is 5.92 Å². The van der Waals surface area contributed by atoms with E-state index in [-0.39, 0.29) is 0 Å². The van der Waals surface area contributed by atoms with Crippen LogP contribution in [0.25, 0.3) is 11.1 Å². The minimum Gasteiger partial charge on any atom is -0.0625 e. The van der Waals surface area contributed by atoms with Crippen LogP contribution in [0.15, 0.2) is 48.5 Å². The van der Waals surface area contributed by atoms with E-state index in [0.717, 1.165) is 23.7 Å². The molecule has 0 radical (unpaired) electrons. The van der Waals surface area contributed by atoms with E-state index in [9.17, 15) is 0 Å². The van der Waals surface area contributed by atoms with Crippen molar-refractivity contribution in [2.45, 2.75) is 46.0 Å². The molecule has 1 saturated carbocycles. The Morgan fingerprint density at radius 2 is 1.39 bits per heavy atom. The third kappa shape index (κ3) is 2.43. The third-order valence-corrected chi connectivity index (χ3v) is 6.38. The van der Waals surface area contributed by atoms with Crippen LogP contribution >= 0.6 is 0 Å². The van der Waals surface area contributed by atoms with Crippen LogP contribution in [0.2, 0.25) is 0 Å². The molecule has 2 aromatic rings. The first-order valence-electron chi connectivity index (χ1n) is 9.35. The SMILES string of the molecule is CC1CCC(C(C)C)C(C2c3ccccc3-c3ccccc32)C1. The van der Waals surface area contributed by atoms with Gasteiger partial charge < -0.3 is 0 Å². The Balaban J connectivity index is 1.84. The smallest absolute Gasteiger partial charge is 0.0133 e. The Morgan fingerprint density at radius 3 is 1.96 bits per heavy atom. The summed E-state index contributed by atoms with van der Waals surface area (Å²) in [5.41, 5.74) is 6.12. The van der Waals surface area contributed by atoms with Gasteiger partial charge in [-0.15, -0.1) is 0 Å². The van der Waals surface area contributed by atoms with Gasteiger partial charge in [0, 0.05) is 5.92 Å². The maximum atomic E-state index is 2.45. The monoisotopic (exact) mass is 304 g/mol. The lowest BCUT2D eigenvalue weighted by Crippen LogP contribution is -2.31. The molecule has 3 atom stereocenters. The first-order valence-corrected chi connectivity index (χ1v) is 9.35. The second-order valence-corrected chi connectivity index (χ2v) is 8.14. The van der Waals surface area contributed by atoms with Crippen LogP contribution in [0.5, 0.6) is 0 Å². The minimum atomic E-state index is 0.609. The molecule has 0 heterocycles. The van der Waals surface area contributed by atoms with Crippen molar-refractivity contribution in [2.24, 2.45) is 23.7 Å². The summed E-state index contributed by atoms with van der Waals surface area (Å²) in [4.78, 5) is 0. The van der Waals surface area contributed by atoms with Gasteiger partial charge in [-0.3, -0.25) is 0 Å². The molecule has 0 nitrogen and oxygen atoms in total. The van der Waals surface area contributed by atoms with Crippen LogP contribution in [-0.2, 0) is 0 Å². The lowest BCUT2D eigenvalue weighted by Gasteiger charge is -2.41. The molecule has 2 aromatic carbocycles. The Kier molecular flexibility index (Phi) is 3.79. The molecule has 2 aliphatic rings. The van der Waals surface area contributed by atoms with Gasteiger partial charge in [0.15, 0.2) is 0 Å². The zero-order valence-electron chi connectivity index (χ0n) is 14.6. The van der Waals surface area contributed by atoms with E-state index in [4.69, 9.17) is 0 Å². The van der Waals surface area contributed by atoms with Gasteiger partial charge in [-0.25, -0.2) is 0 Å². The molecular formula is C23H28. The first kappa shape index (κ1) is 15.0. The summed E-state index contributed by atoms with van der Waals surface area (Å²) in [6.45, 7) is 7.32. The van der Waals surface area contributed by atoms with Gasteiger partial charge >= 0.3 is 0 Å². The molecule has 0 aromatic heterocycles. The van der Waals surface area contributed by atoms with Crippen molar-refractivity contribution in [1.29, 1.82) is 0 Å². The Morgan fingerprint density at radius 1 is 0.826 bits per heavy atom. The number of hydrogen-bond donors (Lipinski definition) is 0. The van der Waals surface area contributed by atoms with Crippen LogP contribution < -0.4 is 0 Å². The number of hydrogen-bond acceptors (Lipinski definition) is 0. The van der Waals surface area contributed by atoms with Crippen molar-refractivity contribution < 1.29 is 0 Å². The Hall–Kier alpha value is -1.56. The molecule has 4 rings (SSSR count). The lowest BCUT2D eigenvalue weighted by molar-refractivity contribution is 0.131. The van der Waals surface area contributed by atoms with Crippen LogP contribution in [0.4, 0.5) is 0 Å². The van der Waals surface area contributed by atoms with E-state index in [1.54, 1.807) is 11.1 Å². The first-order chi connectivity index (χ1) is 11.2. The van der Waals surface area contributed by atoms with Crippen LogP contribution in [0.3, 0.4) is 0 Å². The molecule has 120 valence electrons. The second kappa shape index (κ2) is 5.82. The van der Waals surface area contributed by atoms with Gasteiger partial charge in [0.1, 0.15) is 0 Å². The highest BCUT2D eigenvalue weighted by atomic mass is 14.4. The summed E-state index contributed by atoms with van der Waals surface area (Å²) in [7, 11) is 0. The van der Waals surface area contributed by atoms with Gasteiger partial charge in [0.2, 0.25) is 0 Å². The molecule has 0 spiro atoms. The largest absolute Gasteiger partial charge is 0.0625 e. The average molecular weight is 304 g/mol.